The van der Waals surface area contributed by atoms with E-state index in [1.165, 1.54) is 0 Å². The molecule has 116 valence electrons. The summed E-state index contributed by atoms with van der Waals surface area (Å²) in [5.41, 5.74) is 1.08. The highest BCUT2D eigenvalue weighted by Gasteiger charge is 2.10. The molecule has 0 aliphatic heterocycles. The summed E-state index contributed by atoms with van der Waals surface area (Å²) >= 11 is 3.50. The van der Waals surface area contributed by atoms with E-state index in [0.717, 1.165) is 20.8 Å². The van der Waals surface area contributed by atoms with E-state index < -0.39 is 5.97 Å². The molecule has 0 heterocycles. The maximum absolute atomic E-state index is 12.0. The molecule has 0 fully saturated rings. The Labute approximate surface area is 143 Å². The van der Waals surface area contributed by atoms with Crippen molar-refractivity contribution in [3.8, 4) is 11.5 Å². The highest BCUT2D eigenvalue weighted by atomic mass is 79.9. The van der Waals surface area contributed by atoms with E-state index in [2.05, 4.69) is 15.9 Å². The fourth-order valence-electron chi connectivity index (χ4n) is 2.32. The van der Waals surface area contributed by atoms with Gasteiger partial charge in [-0.25, -0.2) is 4.79 Å². The second kappa shape index (κ2) is 6.84. The Morgan fingerprint density at radius 3 is 2.57 bits per heavy atom. The van der Waals surface area contributed by atoms with Gasteiger partial charge in [-0.05, 0) is 42.1 Å². The molecule has 0 N–H and O–H groups in total. The molecule has 0 aromatic heterocycles. The van der Waals surface area contributed by atoms with Crippen LogP contribution in [0.4, 0.5) is 0 Å². The average Bonchev–Trinajstić information content (AvgIpc) is 2.56. The fourth-order valence-corrected chi connectivity index (χ4v) is 2.80. The second-order valence-electron chi connectivity index (χ2n) is 5.17. The summed E-state index contributed by atoms with van der Waals surface area (Å²) in [6, 6.07) is 18.9. The lowest BCUT2D eigenvalue weighted by Crippen LogP contribution is -2.17. The van der Waals surface area contributed by atoms with Crippen LogP contribution >= 0.6 is 15.9 Å². The minimum atomic E-state index is -0.431. The van der Waals surface area contributed by atoms with E-state index in [1.54, 1.807) is 6.07 Å². The van der Waals surface area contributed by atoms with E-state index in [-0.39, 0.29) is 6.61 Å². The second-order valence-corrected chi connectivity index (χ2v) is 6.02. The van der Waals surface area contributed by atoms with Gasteiger partial charge in [0.2, 0.25) is 0 Å². The third-order valence-electron chi connectivity index (χ3n) is 3.40. The van der Waals surface area contributed by atoms with Gasteiger partial charge in [-0.1, -0.05) is 52.3 Å². The van der Waals surface area contributed by atoms with E-state index in [1.807, 2.05) is 61.5 Å². The van der Waals surface area contributed by atoms with Crippen LogP contribution in [0.2, 0.25) is 0 Å². The lowest BCUT2D eigenvalue weighted by Gasteiger charge is -2.10. The van der Waals surface area contributed by atoms with Crippen molar-refractivity contribution in [1.29, 1.82) is 0 Å². The van der Waals surface area contributed by atoms with Crippen molar-refractivity contribution in [2.24, 2.45) is 0 Å². The molecule has 0 amide bonds. The molecular formula is C19H15BrO3. The Kier molecular flexibility index (Phi) is 4.63. The lowest BCUT2D eigenvalue weighted by atomic mass is 10.1. The number of esters is 1. The van der Waals surface area contributed by atoms with Crippen LogP contribution in [0.1, 0.15) is 5.56 Å². The van der Waals surface area contributed by atoms with E-state index in [4.69, 9.17) is 9.47 Å². The zero-order chi connectivity index (χ0) is 16.2. The number of rotatable bonds is 4. The van der Waals surface area contributed by atoms with Crippen LogP contribution in [0.15, 0.2) is 65.1 Å². The Balaban J connectivity index is 1.72. The monoisotopic (exact) mass is 370 g/mol. The first-order chi connectivity index (χ1) is 11.1. The Bertz CT molecular complexity index is 858. The zero-order valence-electron chi connectivity index (χ0n) is 12.6. The SMILES string of the molecule is Cc1cccc(OCC(=O)Oc2ccc(Br)c3ccccc23)c1. The number of hydrogen-bond acceptors (Lipinski definition) is 3. The van der Waals surface area contributed by atoms with Gasteiger partial charge in [0, 0.05) is 9.86 Å². The summed E-state index contributed by atoms with van der Waals surface area (Å²) in [6.45, 7) is 1.84. The predicted molar refractivity (Wildman–Crippen MR) is 94.0 cm³/mol. The van der Waals surface area contributed by atoms with Crippen LogP contribution in [0.25, 0.3) is 10.8 Å². The molecule has 0 aliphatic carbocycles. The van der Waals surface area contributed by atoms with Gasteiger partial charge >= 0.3 is 5.97 Å². The molecule has 0 spiro atoms. The number of halogens is 1. The van der Waals surface area contributed by atoms with Crippen molar-refractivity contribution in [1.82, 2.24) is 0 Å². The van der Waals surface area contributed by atoms with Gasteiger partial charge in [0.15, 0.2) is 6.61 Å². The van der Waals surface area contributed by atoms with E-state index in [9.17, 15) is 4.79 Å². The first-order valence-electron chi connectivity index (χ1n) is 7.21. The van der Waals surface area contributed by atoms with Gasteiger partial charge in [-0.3, -0.25) is 0 Å². The summed E-state index contributed by atoms with van der Waals surface area (Å²) in [6.07, 6.45) is 0. The van der Waals surface area contributed by atoms with Gasteiger partial charge in [0.1, 0.15) is 11.5 Å². The quantitative estimate of drug-likeness (QED) is 0.484. The summed E-state index contributed by atoms with van der Waals surface area (Å²) in [7, 11) is 0. The smallest absolute Gasteiger partial charge is 0.349 e. The number of fused-ring (bicyclic) bond motifs is 1. The standard InChI is InChI=1S/C19H15BrO3/c1-13-5-4-6-14(11-13)22-12-19(21)23-18-10-9-17(20)15-7-2-3-8-16(15)18/h2-11H,12H2,1H3. The number of ether oxygens (including phenoxy) is 2. The molecule has 0 bridgehead atoms. The number of benzene rings is 3. The van der Waals surface area contributed by atoms with Crippen molar-refractivity contribution in [2.75, 3.05) is 6.61 Å². The number of carbonyl (C=O) groups excluding carboxylic acids is 1. The summed E-state index contributed by atoms with van der Waals surface area (Å²) in [5, 5.41) is 1.88. The van der Waals surface area contributed by atoms with Gasteiger partial charge in [0.05, 0.1) is 0 Å². The highest BCUT2D eigenvalue weighted by molar-refractivity contribution is 9.10. The molecular weight excluding hydrogens is 356 g/mol. The van der Waals surface area contributed by atoms with E-state index in [0.29, 0.717) is 11.5 Å². The molecule has 0 unspecified atom stereocenters. The topological polar surface area (TPSA) is 35.5 Å². The van der Waals surface area contributed by atoms with Crippen LogP contribution in [-0.2, 0) is 4.79 Å². The normalized spacial score (nSPS) is 10.5. The summed E-state index contributed by atoms with van der Waals surface area (Å²) in [5.74, 6) is 0.753. The van der Waals surface area contributed by atoms with Crippen molar-refractivity contribution >= 4 is 32.7 Å². The van der Waals surface area contributed by atoms with Crippen molar-refractivity contribution < 1.29 is 14.3 Å². The largest absolute Gasteiger partial charge is 0.482 e. The first kappa shape index (κ1) is 15.6. The average molecular weight is 371 g/mol. The maximum Gasteiger partial charge on any atom is 0.349 e. The molecule has 3 rings (SSSR count). The van der Waals surface area contributed by atoms with Gasteiger partial charge < -0.3 is 9.47 Å². The molecule has 0 aliphatic rings. The van der Waals surface area contributed by atoms with Crippen LogP contribution in [0.3, 0.4) is 0 Å². The van der Waals surface area contributed by atoms with Crippen LogP contribution < -0.4 is 9.47 Å². The van der Waals surface area contributed by atoms with Gasteiger partial charge in [-0.2, -0.15) is 0 Å². The molecule has 0 radical (unpaired) electrons. The van der Waals surface area contributed by atoms with Gasteiger partial charge in [0.25, 0.3) is 0 Å². The minimum Gasteiger partial charge on any atom is -0.482 e. The summed E-state index contributed by atoms with van der Waals surface area (Å²) in [4.78, 5) is 12.0. The molecule has 0 saturated heterocycles. The molecule has 23 heavy (non-hydrogen) atoms. The predicted octanol–water partition coefficient (Wildman–Crippen LogP) is 4.90. The molecule has 3 aromatic rings. The Morgan fingerprint density at radius 2 is 1.78 bits per heavy atom. The van der Waals surface area contributed by atoms with Gasteiger partial charge in [-0.15, -0.1) is 0 Å². The molecule has 0 saturated carbocycles. The molecule has 3 aromatic carbocycles. The number of aryl methyl sites for hydroxylation is 1. The van der Waals surface area contributed by atoms with Crippen LogP contribution in [0, 0.1) is 6.92 Å². The Hall–Kier alpha value is -2.33. The third kappa shape index (κ3) is 3.71. The fraction of sp³-hybridized carbons (Fsp3) is 0.105. The lowest BCUT2D eigenvalue weighted by molar-refractivity contribution is -0.136. The highest BCUT2D eigenvalue weighted by Crippen LogP contribution is 2.31. The van der Waals surface area contributed by atoms with Crippen molar-refractivity contribution in [2.45, 2.75) is 6.92 Å². The number of carbonyl (C=O) groups is 1. The van der Waals surface area contributed by atoms with E-state index >= 15 is 0 Å². The van der Waals surface area contributed by atoms with Crippen LogP contribution in [0.5, 0.6) is 11.5 Å². The maximum atomic E-state index is 12.0. The van der Waals surface area contributed by atoms with Crippen molar-refractivity contribution in [3.63, 3.8) is 0 Å². The number of hydrogen-bond donors (Lipinski definition) is 0. The third-order valence-corrected chi connectivity index (χ3v) is 4.09. The minimum absolute atomic E-state index is 0.131. The molecule has 4 heteroatoms. The Morgan fingerprint density at radius 1 is 1.00 bits per heavy atom. The zero-order valence-corrected chi connectivity index (χ0v) is 14.2. The molecule has 3 nitrogen and oxygen atoms in total. The van der Waals surface area contributed by atoms with Crippen LogP contribution in [-0.4, -0.2) is 12.6 Å². The summed E-state index contributed by atoms with van der Waals surface area (Å²) < 4.78 is 11.9. The van der Waals surface area contributed by atoms with Crippen molar-refractivity contribution in [3.05, 3.63) is 70.7 Å². The molecule has 0 atom stereocenters. The first-order valence-corrected chi connectivity index (χ1v) is 8.00.